The third-order valence-electron chi connectivity index (χ3n) is 2.55. The van der Waals surface area contributed by atoms with E-state index in [0.29, 0.717) is 0 Å². The molecule has 18 heavy (non-hydrogen) atoms. The topological polar surface area (TPSA) is 37.8 Å². The number of pyridine rings is 2. The van der Waals surface area contributed by atoms with E-state index < -0.39 is 0 Å². The van der Waals surface area contributed by atoms with Crippen molar-refractivity contribution in [2.24, 2.45) is 0 Å². The molecule has 0 fully saturated rings. The molecule has 0 saturated heterocycles. The molecule has 1 aromatic carbocycles. The van der Waals surface area contributed by atoms with Crippen LogP contribution in [0.2, 0.25) is 0 Å². The van der Waals surface area contributed by atoms with Crippen molar-refractivity contribution in [1.82, 2.24) is 9.97 Å². The van der Waals surface area contributed by atoms with Crippen LogP contribution in [0.15, 0.2) is 54.7 Å². The first-order chi connectivity index (χ1) is 8.81. The van der Waals surface area contributed by atoms with Gasteiger partial charge in [-0.3, -0.25) is 4.98 Å². The quantitative estimate of drug-likeness (QED) is 0.713. The Labute approximate surface area is 118 Å². The fourth-order valence-electron chi connectivity index (χ4n) is 1.72. The van der Waals surface area contributed by atoms with Crippen LogP contribution in [0.5, 0.6) is 0 Å². The summed E-state index contributed by atoms with van der Waals surface area (Å²) in [5.74, 6) is 0.831. The minimum Gasteiger partial charge on any atom is -0.340 e. The molecule has 0 saturated carbocycles. The summed E-state index contributed by atoms with van der Waals surface area (Å²) >= 11 is 2.24. The van der Waals surface area contributed by atoms with Crippen LogP contribution in [0.1, 0.15) is 0 Å². The zero-order chi connectivity index (χ0) is 12.4. The Bertz CT molecular complexity index is 683. The predicted octanol–water partition coefficient (Wildman–Crippen LogP) is 3.98. The van der Waals surface area contributed by atoms with E-state index in [1.54, 1.807) is 0 Å². The smallest absolute Gasteiger partial charge is 0.131 e. The minimum absolute atomic E-state index is 0.831. The highest BCUT2D eigenvalue weighted by Gasteiger charge is 2.00. The van der Waals surface area contributed by atoms with E-state index in [4.69, 9.17) is 0 Å². The lowest BCUT2D eigenvalue weighted by molar-refractivity contribution is 1.31. The van der Waals surface area contributed by atoms with Crippen LogP contribution in [-0.2, 0) is 0 Å². The highest BCUT2D eigenvalue weighted by Crippen LogP contribution is 2.18. The molecule has 0 bridgehead atoms. The van der Waals surface area contributed by atoms with Gasteiger partial charge in [-0.15, -0.1) is 0 Å². The maximum absolute atomic E-state index is 4.55. The van der Waals surface area contributed by atoms with Gasteiger partial charge in [0.05, 0.1) is 11.0 Å². The molecule has 3 aromatic rings. The standard InChI is InChI=1S/C14H10IN3/c15-10-8-13-12(16-9-10)6-7-14(18-13)17-11-4-2-1-3-5-11/h1-9H,(H,17,18). The van der Waals surface area contributed by atoms with E-state index >= 15 is 0 Å². The Kier molecular flexibility index (Phi) is 3.10. The van der Waals surface area contributed by atoms with Crippen LogP contribution in [0.4, 0.5) is 11.5 Å². The monoisotopic (exact) mass is 347 g/mol. The lowest BCUT2D eigenvalue weighted by Crippen LogP contribution is -1.94. The summed E-state index contributed by atoms with van der Waals surface area (Å²) in [5.41, 5.74) is 2.85. The van der Waals surface area contributed by atoms with Gasteiger partial charge in [0.15, 0.2) is 0 Å². The molecule has 2 aromatic heterocycles. The molecule has 0 radical (unpaired) electrons. The van der Waals surface area contributed by atoms with E-state index in [9.17, 15) is 0 Å². The van der Waals surface area contributed by atoms with Gasteiger partial charge in [-0.1, -0.05) is 18.2 Å². The van der Waals surface area contributed by atoms with Gasteiger partial charge in [0.2, 0.25) is 0 Å². The third-order valence-corrected chi connectivity index (χ3v) is 3.14. The summed E-state index contributed by atoms with van der Waals surface area (Å²) in [6, 6.07) is 15.9. The van der Waals surface area contributed by atoms with Crippen LogP contribution in [-0.4, -0.2) is 9.97 Å². The van der Waals surface area contributed by atoms with Crippen molar-refractivity contribution < 1.29 is 0 Å². The molecule has 2 heterocycles. The molecular formula is C14H10IN3. The molecule has 0 aliphatic carbocycles. The molecule has 3 nitrogen and oxygen atoms in total. The first kappa shape index (κ1) is 11.4. The van der Waals surface area contributed by atoms with Crippen molar-refractivity contribution in [1.29, 1.82) is 0 Å². The molecule has 0 aliphatic heterocycles. The van der Waals surface area contributed by atoms with E-state index in [1.165, 1.54) is 0 Å². The average molecular weight is 347 g/mol. The van der Waals surface area contributed by atoms with Crippen molar-refractivity contribution in [3.63, 3.8) is 0 Å². The molecule has 88 valence electrons. The summed E-state index contributed by atoms with van der Waals surface area (Å²) in [4.78, 5) is 8.88. The average Bonchev–Trinajstić information content (AvgIpc) is 2.39. The predicted molar refractivity (Wildman–Crippen MR) is 82.0 cm³/mol. The molecule has 0 aliphatic rings. The van der Waals surface area contributed by atoms with E-state index in [2.05, 4.69) is 37.9 Å². The first-order valence-electron chi connectivity index (χ1n) is 5.56. The largest absolute Gasteiger partial charge is 0.340 e. The number of hydrogen-bond donors (Lipinski definition) is 1. The zero-order valence-corrected chi connectivity index (χ0v) is 11.6. The number of hydrogen-bond acceptors (Lipinski definition) is 3. The Hall–Kier alpha value is -1.69. The molecular weight excluding hydrogens is 337 g/mol. The third kappa shape index (κ3) is 2.43. The normalized spacial score (nSPS) is 10.5. The highest BCUT2D eigenvalue weighted by atomic mass is 127. The summed E-state index contributed by atoms with van der Waals surface area (Å²) in [6.45, 7) is 0. The first-order valence-corrected chi connectivity index (χ1v) is 6.63. The fraction of sp³-hybridized carbons (Fsp3) is 0. The summed E-state index contributed by atoms with van der Waals surface area (Å²) in [6.07, 6.45) is 1.84. The van der Waals surface area contributed by atoms with Crippen molar-refractivity contribution in [3.05, 3.63) is 58.3 Å². The zero-order valence-electron chi connectivity index (χ0n) is 9.47. The van der Waals surface area contributed by atoms with E-state index in [-0.39, 0.29) is 0 Å². The molecule has 4 heteroatoms. The van der Waals surface area contributed by atoms with Crippen molar-refractivity contribution in [2.75, 3.05) is 5.32 Å². The maximum Gasteiger partial charge on any atom is 0.131 e. The Balaban J connectivity index is 1.98. The second-order valence-corrected chi connectivity index (χ2v) is 5.12. The summed E-state index contributed by atoms with van der Waals surface area (Å²) in [5, 5.41) is 3.27. The molecule has 0 atom stereocenters. The van der Waals surface area contributed by atoms with Crippen LogP contribution in [0.3, 0.4) is 0 Å². The van der Waals surface area contributed by atoms with E-state index in [1.807, 2.05) is 54.7 Å². The van der Waals surface area contributed by atoms with Crippen LogP contribution >= 0.6 is 22.6 Å². The van der Waals surface area contributed by atoms with Crippen molar-refractivity contribution in [2.45, 2.75) is 0 Å². The highest BCUT2D eigenvalue weighted by molar-refractivity contribution is 14.1. The van der Waals surface area contributed by atoms with Gasteiger partial charge in [0.1, 0.15) is 5.82 Å². The number of fused-ring (bicyclic) bond motifs is 1. The second kappa shape index (κ2) is 4.89. The van der Waals surface area contributed by atoms with Crippen LogP contribution in [0, 0.1) is 3.57 Å². The van der Waals surface area contributed by atoms with Gasteiger partial charge in [-0.2, -0.15) is 0 Å². The van der Waals surface area contributed by atoms with Gasteiger partial charge in [-0.05, 0) is 52.9 Å². The van der Waals surface area contributed by atoms with Crippen molar-refractivity contribution >= 4 is 45.1 Å². The fourth-order valence-corrected chi connectivity index (χ4v) is 2.16. The number of benzene rings is 1. The van der Waals surface area contributed by atoms with Crippen molar-refractivity contribution in [3.8, 4) is 0 Å². The van der Waals surface area contributed by atoms with Crippen LogP contribution < -0.4 is 5.32 Å². The number of nitrogens with one attached hydrogen (secondary N) is 1. The number of anilines is 2. The Morgan fingerprint density at radius 3 is 2.61 bits per heavy atom. The minimum atomic E-state index is 0.831. The van der Waals surface area contributed by atoms with Gasteiger partial charge in [-0.25, -0.2) is 4.98 Å². The van der Waals surface area contributed by atoms with Gasteiger partial charge in [0.25, 0.3) is 0 Å². The molecule has 0 amide bonds. The lowest BCUT2D eigenvalue weighted by atomic mass is 10.3. The molecule has 1 N–H and O–H groups in total. The number of nitrogens with zero attached hydrogens (tertiary/aromatic N) is 2. The summed E-state index contributed by atoms with van der Waals surface area (Å²) < 4.78 is 1.09. The van der Waals surface area contributed by atoms with Gasteiger partial charge < -0.3 is 5.32 Å². The molecule has 0 spiro atoms. The van der Waals surface area contributed by atoms with E-state index in [0.717, 1.165) is 26.1 Å². The van der Waals surface area contributed by atoms with Crippen LogP contribution in [0.25, 0.3) is 11.0 Å². The number of para-hydroxylation sites is 1. The Morgan fingerprint density at radius 2 is 1.78 bits per heavy atom. The molecule has 3 rings (SSSR count). The summed E-state index contributed by atoms with van der Waals surface area (Å²) in [7, 11) is 0. The lowest BCUT2D eigenvalue weighted by Gasteiger charge is -2.06. The maximum atomic E-state index is 4.55. The SMILES string of the molecule is Ic1cnc2ccc(Nc3ccccc3)nc2c1. The molecule has 0 unspecified atom stereocenters. The number of halogens is 1. The van der Waals surface area contributed by atoms with Gasteiger partial charge in [0, 0.05) is 15.5 Å². The Morgan fingerprint density at radius 1 is 0.944 bits per heavy atom. The van der Waals surface area contributed by atoms with Gasteiger partial charge >= 0.3 is 0 Å². The number of aromatic nitrogens is 2. The second-order valence-electron chi connectivity index (χ2n) is 3.88. The number of rotatable bonds is 2.